The largest absolute Gasteiger partial charge is 0.416 e. The van der Waals surface area contributed by atoms with Crippen LogP contribution in [0.3, 0.4) is 0 Å². The number of rotatable bonds is 3. The maximum absolute atomic E-state index is 12.4. The Hall–Kier alpha value is -1.13. The molecule has 1 aromatic carbocycles. The van der Waals surface area contributed by atoms with Crippen molar-refractivity contribution in [3.8, 4) is 0 Å². The van der Waals surface area contributed by atoms with Gasteiger partial charge >= 0.3 is 6.18 Å². The second-order valence-electron chi connectivity index (χ2n) is 4.74. The summed E-state index contributed by atoms with van der Waals surface area (Å²) in [5, 5.41) is 0. The molecule has 0 radical (unpaired) electrons. The molecule has 1 aliphatic rings. The number of sulfone groups is 1. The average molecular weight is 343 g/mol. The molecule has 1 saturated heterocycles. The Kier molecular flexibility index (Phi) is 4.06. The molecule has 1 aromatic rings. The third kappa shape index (κ3) is 3.95. The van der Waals surface area contributed by atoms with Crippen LogP contribution < -0.4 is 4.72 Å². The van der Waals surface area contributed by atoms with Gasteiger partial charge in [-0.3, -0.25) is 0 Å². The molecule has 1 N–H and O–H groups in total. The molecular formula is C11H12F3NO4S2. The second-order valence-corrected chi connectivity index (χ2v) is 8.69. The summed E-state index contributed by atoms with van der Waals surface area (Å²) in [5.74, 6) is -0.403. The average Bonchev–Trinajstić information content (AvgIpc) is 2.67. The molecule has 1 aliphatic heterocycles. The Morgan fingerprint density at radius 3 is 2.14 bits per heavy atom. The maximum Gasteiger partial charge on any atom is 0.416 e. The van der Waals surface area contributed by atoms with E-state index in [0.717, 1.165) is 12.1 Å². The minimum absolute atomic E-state index is 0.104. The fraction of sp³-hybridized carbons (Fsp3) is 0.455. The van der Waals surface area contributed by atoms with Crippen molar-refractivity contribution >= 4 is 19.9 Å². The van der Waals surface area contributed by atoms with Gasteiger partial charge in [0.05, 0.1) is 22.0 Å². The number of sulfonamides is 1. The van der Waals surface area contributed by atoms with Crippen LogP contribution in [0.15, 0.2) is 29.2 Å². The summed E-state index contributed by atoms with van der Waals surface area (Å²) >= 11 is 0. The zero-order chi connectivity index (χ0) is 15.9. The van der Waals surface area contributed by atoms with Gasteiger partial charge in [0.2, 0.25) is 10.0 Å². The molecule has 0 spiro atoms. The number of benzene rings is 1. The predicted octanol–water partition coefficient (Wildman–Crippen LogP) is 1.17. The van der Waals surface area contributed by atoms with Crippen molar-refractivity contribution < 1.29 is 30.0 Å². The summed E-state index contributed by atoms with van der Waals surface area (Å²) in [6, 6.07) is 2.27. The molecule has 5 nitrogen and oxygen atoms in total. The highest BCUT2D eigenvalue weighted by Gasteiger charge is 2.33. The molecule has 0 saturated carbocycles. The summed E-state index contributed by atoms with van der Waals surface area (Å²) < 4.78 is 85.9. The van der Waals surface area contributed by atoms with E-state index < -0.39 is 37.6 Å². The van der Waals surface area contributed by atoms with Crippen molar-refractivity contribution in [2.45, 2.75) is 23.5 Å². The molecule has 118 valence electrons. The van der Waals surface area contributed by atoms with Crippen LogP contribution in [-0.2, 0) is 26.0 Å². The first-order valence-electron chi connectivity index (χ1n) is 5.90. The van der Waals surface area contributed by atoms with Gasteiger partial charge < -0.3 is 0 Å². The van der Waals surface area contributed by atoms with Gasteiger partial charge in [-0.15, -0.1) is 0 Å². The molecule has 1 unspecified atom stereocenters. The second kappa shape index (κ2) is 5.25. The molecule has 1 heterocycles. The summed E-state index contributed by atoms with van der Waals surface area (Å²) in [4.78, 5) is -0.334. The summed E-state index contributed by atoms with van der Waals surface area (Å²) in [6.45, 7) is 0. The van der Waals surface area contributed by atoms with Crippen molar-refractivity contribution in [3.63, 3.8) is 0 Å². The normalized spacial score (nSPS) is 22.3. The lowest BCUT2D eigenvalue weighted by atomic mass is 10.2. The maximum atomic E-state index is 12.4. The number of nitrogens with one attached hydrogen (secondary N) is 1. The lowest BCUT2D eigenvalue weighted by molar-refractivity contribution is -0.137. The van der Waals surface area contributed by atoms with Crippen molar-refractivity contribution in [3.05, 3.63) is 29.8 Å². The van der Waals surface area contributed by atoms with Crippen LogP contribution in [0.25, 0.3) is 0 Å². The fourth-order valence-electron chi connectivity index (χ4n) is 2.00. The third-order valence-electron chi connectivity index (χ3n) is 3.05. The van der Waals surface area contributed by atoms with E-state index in [4.69, 9.17) is 0 Å². The van der Waals surface area contributed by atoms with E-state index in [2.05, 4.69) is 4.72 Å². The minimum atomic E-state index is -4.55. The summed E-state index contributed by atoms with van der Waals surface area (Å²) in [6.07, 6.45) is -4.39. The topological polar surface area (TPSA) is 80.3 Å². The van der Waals surface area contributed by atoms with Crippen molar-refractivity contribution in [1.82, 2.24) is 4.72 Å². The molecule has 21 heavy (non-hydrogen) atoms. The van der Waals surface area contributed by atoms with Crippen LogP contribution in [0.4, 0.5) is 13.2 Å². The van der Waals surface area contributed by atoms with Gasteiger partial charge in [-0.2, -0.15) is 13.2 Å². The Bertz CT molecular complexity index is 724. The monoisotopic (exact) mass is 343 g/mol. The van der Waals surface area contributed by atoms with Crippen LogP contribution in [0.5, 0.6) is 0 Å². The number of alkyl halides is 3. The molecule has 2 rings (SSSR count). The van der Waals surface area contributed by atoms with Crippen molar-refractivity contribution in [2.24, 2.45) is 0 Å². The van der Waals surface area contributed by atoms with Gasteiger partial charge in [0.1, 0.15) is 0 Å². The van der Waals surface area contributed by atoms with E-state index in [1.807, 2.05) is 0 Å². The molecule has 0 amide bonds. The van der Waals surface area contributed by atoms with Crippen LogP contribution in [0.1, 0.15) is 12.0 Å². The van der Waals surface area contributed by atoms with E-state index in [1.54, 1.807) is 0 Å². The lowest BCUT2D eigenvalue weighted by Gasteiger charge is -2.12. The molecular weight excluding hydrogens is 331 g/mol. The molecule has 1 fully saturated rings. The first kappa shape index (κ1) is 16.2. The van der Waals surface area contributed by atoms with Crippen molar-refractivity contribution in [2.75, 3.05) is 11.5 Å². The summed E-state index contributed by atoms with van der Waals surface area (Å²) in [5.41, 5.74) is -0.954. The van der Waals surface area contributed by atoms with E-state index in [1.165, 1.54) is 0 Å². The first-order chi connectivity index (χ1) is 9.50. The number of halogens is 3. The Labute approximate surface area is 120 Å². The van der Waals surface area contributed by atoms with Crippen LogP contribution >= 0.6 is 0 Å². The molecule has 10 heteroatoms. The lowest BCUT2D eigenvalue weighted by Crippen LogP contribution is -2.35. The molecule has 0 aliphatic carbocycles. The zero-order valence-corrected chi connectivity index (χ0v) is 12.2. The number of hydrogen-bond donors (Lipinski definition) is 1. The van der Waals surface area contributed by atoms with Gasteiger partial charge in [-0.1, -0.05) is 0 Å². The molecule has 0 aromatic heterocycles. The predicted molar refractivity (Wildman–Crippen MR) is 68.8 cm³/mol. The van der Waals surface area contributed by atoms with E-state index in [0.29, 0.717) is 12.1 Å². The molecule has 0 bridgehead atoms. The van der Waals surface area contributed by atoms with E-state index in [9.17, 15) is 30.0 Å². The van der Waals surface area contributed by atoms with Gasteiger partial charge in [-0.05, 0) is 30.7 Å². The highest BCUT2D eigenvalue weighted by molar-refractivity contribution is 7.92. The highest BCUT2D eigenvalue weighted by Crippen LogP contribution is 2.29. The summed E-state index contributed by atoms with van der Waals surface area (Å²) in [7, 11) is -7.29. The number of hydrogen-bond acceptors (Lipinski definition) is 4. The Morgan fingerprint density at radius 2 is 1.71 bits per heavy atom. The quantitative estimate of drug-likeness (QED) is 0.893. The molecule has 1 atom stereocenters. The smallest absolute Gasteiger partial charge is 0.229 e. The third-order valence-corrected chi connectivity index (χ3v) is 6.35. The zero-order valence-electron chi connectivity index (χ0n) is 10.6. The fourth-order valence-corrected chi connectivity index (χ4v) is 5.05. The van der Waals surface area contributed by atoms with Crippen LogP contribution in [-0.4, -0.2) is 34.4 Å². The Morgan fingerprint density at radius 1 is 1.14 bits per heavy atom. The Balaban J connectivity index is 2.17. The van der Waals surface area contributed by atoms with Gasteiger partial charge in [0, 0.05) is 6.04 Å². The van der Waals surface area contributed by atoms with Gasteiger partial charge in [-0.25, -0.2) is 21.6 Å². The highest BCUT2D eigenvalue weighted by atomic mass is 32.2. The van der Waals surface area contributed by atoms with Crippen molar-refractivity contribution in [1.29, 1.82) is 0 Å². The van der Waals surface area contributed by atoms with E-state index in [-0.39, 0.29) is 22.8 Å². The standard InChI is InChI=1S/C11H12F3NO4S2/c12-11(13,14)8-1-3-10(4-2-8)21(18,19)15-9-5-6-20(16,17)7-9/h1-4,9,15H,5-7H2. The van der Waals surface area contributed by atoms with Crippen LogP contribution in [0, 0.1) is 0 Å². The van der Waals surface area contributed by atoms with Crippen LogP contribution in [0.2, 0.25) is 0 Å². The minimum Gasteiger partial charge on any atom is -0.229 e. The van der Waals surface area contributed by atoms with E-state index >= 15 is 0 Å². The first-order valence-corrected chi connectivity index (χ1v) is 9.20. The van der Waals surface area contributed by atoms with Gasteiger partial charge in [0.25, 0.3) is 0 Å². The van der Waals surface area contributed by atoms with Gasteiger partial charge in [0.15, 0.2) is 9.84 Å². The SMILES string of the molecule is O=S1(=O)CCC(NS(=O)(=O)c2ccc(C(F)(F)F)cc2)C1.